The lowest BCUT2D eigenvalue weighted by molar-refractivity contribution is -0.392. The molecule has 0 unspecified atom stereocenters. The molecule has 0 N–H and O–H groups in total. The van der Waals surface area contributed by atoms with E-state index in [9.17, 15) is 18.5 Å². The number of halogens is 1. The summed E-state index contributed by atoms with van der Waals surface area (Å²) in [6.45, 7) is 3.19. The molecule has 0 spiro atoms. The van der Waals surface area contributed by atoms with Crippen LogP contribution in [0.5, 0.6) is 0 Å². The molecule has 0 atom stereocenters. The summed E-state index contributed by atoms with van der Waals surface area (Å²) in [5.41, 5.74) is 0. The van der Waals surface area contributed by atoms with Gasteiger partial charge >= 0.3 is 5.82 Å². The number of ether oxygens (including phenoxy) is 1. The van der Waals surface area contributed by atoms with E-state index < -0.39 is 24.7 Å². The van der Waals surface area contributed by atoms with Crippen molar-refractivity contribution < 1.29 is 18.1 Å². The lowest BCUT2D eigenvalue weighted by Gasteiger charge is -1.98. The van der Waals surface area contributed by atoms with Crippen molar-refractivity contribution in [2.45, 2.75) is 24.8 Å². The predicted octanol–water partition coefficient (Wildman–Crippen LogP) is 1.15. The van der Waals surface area contributed by atoms with Gasteiger partial charge in [0.15, 0.2) is 0 Å². The summed E-state index contributed by atoms with van der Waals surface area (Å²) >= 11 is 0. The molecule has 0 saturated heterocycles. The van der Waals surface area contributed by atoms with Gasteiger partial charge in [0.2, 0.25) is 4.90 Å². The molecule has 8 nitrogen and oxygen atoms in total. The minimum atomic E-state index is -4.18. The number of aromatic nitrogens is 2. The quantitative estimate of drug-likeness (QED) is 0.323. The molecule has 18 heavy (non-hydrogen) atoms. The van der Waals surface area contributed by atoms with Crippen molar-refractivity contribution in [1.82, 2.24) is 9.78 Å². The highest BCUT2D eigenvalue weighted by atomic mass is 35.7. The van der Waals surface area contributed by atoms with Crippen LogP contribution in [0, 0.1) is 10.1 Å². The molecule has 102 valence electrons. The van der Waals surface area contributed by atoms with Crippen LogP contribution in [-0.4, -0.2) is 36.3 Å². The maximum Gasteiger partial charge on any atom is 0.410 e. The van der Waals surface area contributed by atoms with Gasteiger partial charge in [-0.1, -0.05) is 0 Å². The first kappa shape index (κ1) is 14.9. The molecular formula is C8H12ClN3O5S. The van der Waals surface area contributed by atoms with Gasteiger partial charge in [0.05, 0.1) is 17.8 Å². The molecule has 1 aromatic rings. The fraction of sp³-hybridized carbons (Fsp3) is 0.625. The number of hydrogen-bond acceptors (Lipinski definition) is 6. The van der Waals surface area contributed by atoms with E-state index in [1.165, 1.54) is 4.68 Å². The first-order valence-corrected chi connectivity index (χ1v) is 7.41. The number of hydrogen-bond donors (Lipinski definition) is 0. The molecule has 0 amide bonds. The lowest BCUT2D eigenvalue weighted by Crippen LogP contribution is -2.03. The van der Waals surface area contributed by atoms with Crippen molar-refractivity contribution in [3.8, 4) is 0 Å². The molecule has 0 aliphatic carbocycles. The second-order valence-corrected chi connectivity index (χ2v) is 5.86. The summed E-state index contributed by atoms with van der Waals surface area (Å²) in [6, 6.07) is 0. The monoisotopic (exact) mass is 297 g/mol. The molecule has 0 fully saturated rings. The standard InChI is InChI=1S/C8H12ClN3O5S/c1-2-17-5-3-4-11-6-7(18(9,15)16)8(10-11)12(13)14/h6H,2-5H2,1H3. The van der Waals surface area contributed by atoms with E-state index in [-0.39, 0.29) is 0 Å². The highest BCUT2D eigenvalue weighted by Gasteiger charge is 2.29. The van der Waals surface area contributed by atoms with Gasteiger partial charge in [0.25, 0.3) is 9.05 Å². The number of nitro groups is 1. The van der Waals surface area contributed by atoms with E-state index in [0.29, 0.717) is 26.2 Å². The Morgan fingerprint density at radius 2 is 2.28 bits per heavy atom. The zero-order chi connectivity index (χ0) is 13.8. The Morgan fingerprint density at radius 3 is 2.72 bits per heavy atom. The number of nitrogens with zero attached hydrogens (tertiary/aromatic N) is 3. The SMILES string of the molecule is CCOCCCn1cc(S(=O)(=O)Cl)c([N+](=O)[O-])n1. The van der Waals surface area contributed by atoms with E-state index in [0.717, 1.165) is 6.20 Å². The molecule has 10 heteroatoms. The zero-order valence-electron chi connectivity index (χ0n) is 9.57. The van der Waals surface area contributed by atoms with Crippen molar-refractivity contribution in [3.63, 3.8) is 0 Å². The summed E-state index contributed by atoms with van der Waals surface area (Å²) in [7, 11) is 0.918. The van der Waals surface area contributed by atoms with Gasteiger partial charge in [0, 0.05) is 23.9 Å². The molecule has 1 aromatic heterocycles. The van der Waals surface area contributed by atoms with E-state index in [4.69, 9.17) is 15.4 Å². The van der Waals surface area contributed by atoms with Gasteiger partial charge < -0.3 is 14.9 Å². The molecule has 0 bridgehead atoms. The van der Waals surface area contributed by atoms with Crippen molar-refractivity contribution in [2.24, 2.45) is 0 Å². The highest BCUT2D eigenvalue weighted by Crippen LogP contribution is 2.24. The summed E-state index contributed by atoms with van der Waals surface area (Å²) in [5.74, 6) is -0.763. The largest absolute Gasteiger partial charge is 0.410 e. The fourth-order valence-corrected chi connectivity index (χ4v) is 2.19. The Labute approximate surface area is 108 Å². The van der Waals surface area contributed by atoms with Gasteiger partial charge in [-0.25, -0.2) is 8.42 Å². The molecule has 0 aromatic carbocycles. The first-order chi connectivity index (χ1) is 8.36. The van der Waals surface area contributed by atoms with Crippen LogP contribution in [0.15, 0.2) is 11.1 Å². The molecule has 0 saturated carbocycles. The summed E-state index contributed by atoms with van der Waals surface area (Å²) in [5, 5.41) is 14.2. The molecule has 1 heterocycles. The predicted molar refractivity (Wildman–Crippen MR) is 63.0 cm³/mol. The molecule has 0 aliphatic heterocycles. The Kier molecular flexibility index (Phi) is 5.05. The minimum Gasteiger partial charge on any atom is -0.382 e. The van der Waals surface area contributed by atoms with Crippen LogP contribution in [0.2, 0.25) is 0 Å². The Bertz CT molecular complexity index is 527. The highest BCUT2D eigenvalue weighted by molar-refractivity contribution is 8.13. The summed E-state index contributed by atoms with van der Waals surface area (Å²) in [6.07, 6.45) is 1.61. The van der Waals surface area contributed by atoms with Crippen molar-refractivity contribution in [3.05, 3.63) is 16.3 Å². The molecular weight excluding hydrogens is 286 g/mol. The van der Waals surface area contributed by atoms with Crippen LogP contribution >= 0.6 is 10.7 Å². The second kappa shape index (κ2) is 6.12. The van der Waals surface area contributed by atoms with Crippen LogP contribution < -0.4 is 0 Å². The number of aryl methyl sites for hydroxylation is 1. The third kappa shape index (κ3) is 3.93. The minimum absolute atomic E-state index is 0.313. The first-order valence-electron chi connectivity index (χ1n) is 5.10. The summed E-state index contributed by atoms with van der Waals surface area (Å²) in [4.78, 5) is 9.17. The number of rotatable bonds is 7. The molecule has 0 aliphatic rings. The van der Waals surface area contributed by atoms with Crippen LogP contribution in [0.3, 0.4) is 0 Å². The maximum absolute atomic E-state index is 11.1. The van der Waals surface area contributed by atoms with Gasteiger partial charge in [-0.2, -0.15) is 4.68 Å². The Hall–Kier alpha value is -1.19. The van der Waals surface area contributed by atoms with Crippen LogP contribution in [-0.2, 0) is 20.3 Å². The zero-order valence-corrected chi connectivity index (χ0v) is 11.1. The fourth-order valence-electron chi connectivity index (χ4n) is 1.28. The lowest BCUT2D eigenvalue weighted by atomic mass is 10.4. The van der Waals surface area contributed by atoms with Crippen LogP contribution in [0.4, 0.5) is 5.82 Å². The van der Waals surface area contributed by atoms with Crippen molar-refractivity contribution in [1.29, 1.82) is 0 Å². The second-order valence-electron chi connectivity index (χ2n) is 3.33. The van der Waals surface area contributed by atoms with Crippen molar-refractivity contribution in [2.75, 3.05) is 13.2 Å². The summed E-state index contributed by atoms with van der Waals surface area (Å²) < 4.78 is 28.5. The van der Waals surface area contributed by atoms with Gasteiger partial charge in [0.1, 0.15) is 0 Å². The smallest absolute Gasteiger partial charge is 0.382 e. The van der Waals surface area contributed by atoms with E-state index in [1.807, 2.05) is 6.92 Å². The average Bonchev–Trinajstić information content (AvgIpc) is 2.68. The third-order valence-electron chi connectivity index (χ3n) is 2.03. The Morgan fingerprint density at radius 1 is 1.61 bits per heavy atom. The normalized spacial score (nSPS) is 11.7. The molecule has 0 radical (unpaired) electrons. The van der Waals surface area contributed by atoms with Crippen LogP contribution in [0.25, 0.3) is 0 Å². The maximum atomic E-state index is 11.1. The van der Waals surface area contributed by atoms with Gasteiger partial charge in [-0.05, 0) is 18.3 Å². The van der Waals surface area contributed by atoms with E-state index in [1.54, 1.807) is 0 Å². The van der Waals surface area contributed by atoms with Gasteiger partial charge in [-0.3, -0.25) is 0 Å². The van der Waals surface area contributed by atoms with Crippen LogP contribution in [0.1, 0.15) is 13.3 Å². The third-order valence-corrected chi connectivity index (χ3v) is 3.34. The van der Waals surface area contributed by atoms with E-state index >= 15 is 0 Å². The average molecular weight is 298 g/mol. The topological polar surface area (TPSA) is 104 Å². The molecule has 1 rings (SSSR count). The van der Waals surface area contributed by atoms with Crippen molar-refractivity contribution >= 4 is 25.6 Å². The van der Waals surface area contributed by atoms with E-state index in [2.05, 4.69) is 5.10 Å². The van der Waals surface area contributed by atoms with Gasteiger partial charge in [-0.15, -0.1) is 0 Å². The Balaban J connectivity index is 2.87.